The molecule has 0 fully saturated rings. The van der Waals surface area contributed by atoms with Crippen molar-refractivity contribution in [2.45, 2.75) is 452 Å². The molecule has 0 aromatic heterocycles. The lowest BCUT2D eigenvalue weighted by Gasteiger charge is -2.21. The van der Waals surface area contributed by atoms with Crippen molar-refractivity contribution in [3.8, 4) is 0 Å². The first-order valence-corrected chi connectivity index (χ1v) is 45.9. The van der Waals surface area contributed by atoms with Gasteiger partial charge in [-0.25, -0.2) is 9.13 Å². The molecule has 0 saturated heterocycles. The monoisotopic (exact) mass is 1490 g/mol. The summed E-state index contributed by atoms with van der Waals surface area (Å²) in [6.45, 7) is 12.0. The van der Waals surface area contributed by atoms with E-state index < -0.39 is 97.5 Å². The van der Waals surface area contributed by atoms with Crippen molar-refractivity contribution in [2.75, 3.05) is 39.6 Å². The van der Waals surface area contributed by atoms with E-state index in [0.29, 0.717) is 25.7 Å². The van der Waals surface area contributed by atoms with Crippen molar-refractivity contribution in [3.05, 3.63) is 0 Å². The van der Waals surface area contributed by atoms with E-state index in [2.05, 4.69) is 48.5 Å². The Labute approximate surface area is 626 Å². The molecule has 0 amide bonds. The number of aliphatic hydroxyl groups excluding tert-OH is 1. The molecule has 0 aromatic carbocycles. The molecule has 606 valence electrons. The van der Waals surface area contributed by atoms with Crippen LogP contribution < -0.4 is 0 Å². The molecule has 0 saturated carbocycles. The molecule has 0 aliphatic rings. The molecule has 0 aliphatic heterocycles. The van der Waals surface area contributed by atoms with Crippen LogP contribution in [0.5, 0.6) is 0 Å². The molecule has 0 spiro atoms. The third-order valence-electron chi connectivity index (χ3n) is 20.1. The molecule has 0 aliphatic carbocycles. The fourth-order valence-corrected chi connectivity index (χ4v) is 14.4. The van der Waals surface area contributed by atoms with Crippen LogP contribution in [0.25, 0.3) is 0 Å². The SMILES string of the molecule is CCCCCCCCCCCCCCCCCCCCC(=O)OC[C@H](COP(=O)(O)OC[C@@H](O)COP(=O)(O)OC[C@@H](COC(=O)CCCCCCCCCCC(C)CC)OC(=O)CCCCCCCCCCCCC(C)CC)OC(=O)CCCCCCCCCCCCCCCCCC(C)C. The molecule has 17 nitrogen and oxygen atoms in total. The van der Waals surface area contributed by atoms with Gasteiger partial charge in [-0.2, -0.15) is 0 Å². The van der Waals surface area contributed by atoms with Gasteiger partial charge in [0.15, 0.2) is 12.2 Å². The van der Waals surface area contributed by atoms with Crippen molar-refractivity contribution >= 4 is 39.5 Å². The number of aliphatic hydroxyl groups is 1. The van der Waals surface area contributed by atoms with E-state index in [9.17, 15) is 43.2 Å². The predicted molar refractivity (Wildman–Crippen MR) is 418 cm³/mol. The third kappa shape index (κ3) is 73.6. The first kappa shape index (κ1) is 100. The molecule has 0 aromatic rings. The molecular weight excluding hydrogens is 1330 g/mol. The third-order valence-corrected chi connectivity index (χ3v) is 22.0. The lowest BCUT2D eigenvalue weighted by Crippen LogP contribution is -2.30. The highest BCUT2D eigenvalue weighted by Crippen LogP contribution is 2.45. The molecule has 19 heteroatoms. The summed E-state index contributed by atoms with van der Waals surface area (Å²) in [4.78, 5) is 73.2. The lowest BCUT2D eigenvalue weighted by molar-refractivity contribution is -0.161. The highest BCUT2D eigenvalue weighted by molar-refractivity contribution is 7.47. The van der Waals surface area contributed by atoms with Crippen molar-refractivity contribution < 1.29 is 80.2 Å². The van der Waals surface area contributed by atoms with Crippen LogP contribution in [0.15, 0.2) is 0 Å². The number of unbranched alkanes of at least 4 members (excludes halogenated alkanes) is 47. The number of carbonyl (C=O) groups excluding carboxylic acids is 4. The quantitative estimate of drug-likeness (QED) is 0.0222. The maximum atomic E-state index is 13.1. The molecule has 0 bridgehead atoms. The summed E-state index contributed by atoms with van der Waals surface area (Å²) >= 11 is 0. The van der Waals surface area contributed by atoms with Crippen LogP contribution in [-0.2, 0) is 65.4 Å². The van der Waals surface area contributed by atoms with Crippen LogP contribution in [0.4, 0.5) is 0 Å². The zero-order valence-corrected chi connectivity index (χ0v) is 68.9. The Balaban J connectivity index is 5.27. The van der Waals surface area contributed by atoms with Crippen molar-refractivity contribution in [1.29, 1.82) is 0 Å². The number of phosphoric acid groups is 2. The Morgan fingerprint density at radius 2 is 0.500 bits per heavy atom. The van der Waals surface area contributed by atoms with E-state index in [1.54, 1.807) is 0 Å². The maximum Gasteiger partial charge on any atom is 0.472 e. The van der Waals surface area contributed by atoms with E-state index in [-0.39, 0.29) is 25.7 Å². The number of phosphoric ester groups is 2. The van der Waals surface area contributed by atoms with Gasteiger partial charge < -0.3 is 33.8 Å². The molecule has 4 unspecified atom stereocenters. The van der Waals surface area contributed by atoms with Crippen LogP contribution in [0.1, 0.15) is 434 Å². The number of esters is 4. The van der Waals surface area contributed by atoms with Gasteiger partial charge in [0.25, 0.3) is 0 Å². The Bertz CT molecular complexity index is 1980. The van der Waals surface area contributed by atoms with Gasteiger partial charge in [0.2, 0.25) is 0 Å². The largest absolute Gasteiger partial charge is 0.472 e. The van der Waals surface area contributed by atoms with E-state index in [1.165, 1.54) is 244 Å². The standard InChI is InChI=1S/C83H162O17P2/c1-8-11-12-13-14-15-16-17-18-19-20-23-26-29-35-43-50-57-64-80(85)93-70-78(99-82(87)66-59-52-45-36-30-27-24-21-22-25-28-33-40-47-54-61-74(4)5)72-97-101(89,90)95-68-77(84)69-96-102(91,92)98-73-79(71-94-81(86)65-58-51-44-39-38-42-49-56-63-76(7)10-3)100-83(88)67-60-53-46-37-32-31-34-41-48-55-62-75(6)9-2/h74-79,84H,8-73H2,1-7H3,(H,89,90)(H,91,92)/t75?,76?,77-,78-,79-/m1/s1. The summed E-state index contributed by atoms with van der Waals surface area (Å²) in [6.07, 6.45) is 62.3. The van der Waals surface area contributed by atoms with E-state index >= 15 is 0 Å². The number of ether oxygens (including phenoxy) is 4. The summed E-state index contributed by atoms with van der Waals surface area (Å²) < 4.78 is 68.8. The minimum Gasteiger partial charge on any atom is -0.462 e. The van der Waals surface area contributed by atoms with E-state index in [4.69, 9.17) is 37.0 Å². The minimum atomic E-state index is -4.96. The number of hydrogen-bond donors (Lipinski definition) is 3. The minimum absolute atomic E-state index is 0.106. The summed E-state index contributed by atoms with van der Waals surface area (Å²) in [5.74, 6) is 0.275. The molecular formula is C83H162O17P2. The van der Waals surface area contributed by atoms with E-state index in [0.717, 1.165) is 108 Å². The van der Waals surface area contributed by atoms with Gasteiger partial charge in [-0.05, 0) is 43.4 Å². The van der Waals surface area contributed by atoms with Gasteiger partial charge in [-0.1, -0.05) is 382 Å². The summed E-state index contributed by atoms with van der Waals surface area (Å²) in [6, 6.07) is 0. The first-order chi connectivity index (χ1) is 49.3. The van der Waals surface area contributed by atoms with Gasteiger partial charge in [0.1, 0.15) is 19.3 Å². The number of carbonyl (C=O) groups is 4. The average Bonchev–Trinajstić information content (AvgIpc) is 0.975. The van der Waals surface area contributed by atoms with Crippen LogP contribution in [-0.4, -0.2) is 96.7 Å². The zero-order valence-electron chi connectivity index (χ0n) is 67.1. The van der Waals surface area contributed by atoms with Crippen LogP contribution in [0.3, 0.4) is 0 Å². The molecule has 0 rings (SSSR count). The summed E-state index contributed by atoms with van der Waals surface area (Å²) in [5, 5.41) is 10.7. The number of rotatable bonds is 81. The van der Waals surface area contributed by atoms with E-state index in [1.807, 2.05) is 0 Å². The normalized spacial score (nSPS) is 14.5. The predicted octanol–water partition coefficient (Wildman–Crippen LogP) is 24.9. The second-order valence-corrected chi connectivity index (χ2v) is 33.7. The van der Waals surface area contributed by atoms with Gasteiger partial charge in [-0.3, -0.25) is 37.3 Å². The molecule has 102 heavy (non-hydrogen) atoms. The van der Waals surface area contributed by atoms with Crippen molar-refractivity contribution in [3.63, 3.8) is 0 Å². The second kappa shape index (κ2) is 73.2. The molecule has 0 radical (unpaired) electrons. The van der Waals surface area contributed by atoms with Crippen LogP contribution in [0, 0.1) is 17.8 Å². The summed E-state index contributed by atoms with van der Waals surface area (Å²) in [7, 11) is -9.93. The van der Waals surface area contributed by atoms with Crippen molar-refractivity contribution in [2.24, 2.45) is 17.8 Å². The first-order valence-electron chi connectivity index (χ1n) is 42.9. The van der Waals surface area contributed by atoms with Crippen LogP contribution in [0.2, 0.25) is 0 Å². The van der Waals surface area contributed by atoms with Gasteiger partial charge in [0.05, 0.1) is 26.4 Å². The number of hydrogen-bond acceptors (Lipinski definition) is 15. The highest BCUT2D eigenvalue weighted by Gasteiger charge is 2.30. The van der Waals surface area contributed by atoms with Crippen LogP contribution >= 0.6 is 15.6 Å². The van der Waals surface area contributed by atoms with Crippen molar-refractivity contribution in [1.82, 2.24) is 0 Å². The maximum absolute atomic E-state index is 13.1. The van der Waals surface area contributed by atoms with Gasteiger partial charge >= 0.3 is 39.5 Å². The second-order valence-electron chi connectivity index (χ2n) is 30.8. The molecule has 7 atom stereocenters. The molecule has 3 N–H and O–H groups in total. The average molecular weight is 1490 g/mol. The fourth-order valence-electron chi connectivity index (χ4n) is 12.8. The topological polar surface area (TPSA) is 237 Å². The highest BCUT2D eigenvalue weighted by atomic mass is 31.2. The summed E-state index contributed by atoms with van der Waals surface area (Å²) in [5.41, 5.74) is 0. The Morgan fingerprint density at radius 3 is 0.745 bits per heavy atom. The molecule has 0 heterocycles. The smallest absolute Gasteiger partial charge is 0.462 e. The Hall–Kier alpha value is -1.94. The lowest BCUT2D eigenvalue weighted by atomic mass is 9.99. The van der Waals surface area contributed by atoms with Gasteiger partial charge in [0, 0.05) is 25.7 Å². The zero-order chi connectivity index (χ0) is 75.1. The Morgan fingerprint density at radius 1 is 0.284 bits per heavy atom. The fraction of sp³-hybridized carbons (Fsp3) is 0.952. The Kier molecular flexibility index (Phi) is 71.8. The van der Waals surface area contributed by atoms with Gasteiger partial charge in [-0.15, -0.1) is 0 Å².